The number of benzene rings is 7. The molecule has 1 atom stereocenters. The van der Waals surface area contributed by atoms with Crippen molar-refractivity contribution in [2.24, 2.45) is 0 Å². The standard InChI is InChI=1S/C61H55N3O/c1-36-19-21-40(22-20-36)43-27-28-62-53(32-43)50-34-45(60(8,9)10)33-49-46-17-14-18-52-56(46)64-58(51-30-37(2)29-39(4)57(51)65-61(62,64)55(49)50)63(52)54-35-47(41-15-12-11-13-16-41)38(3)31-48(54)42-23-25-44(26-24-42)59(5,6)7/h11-35H,1-10H3/q+2. The molecule has 0 N–H and O–H groups in total. The summed E-state index contributed by atoms with van der Waals surface area (Å²) in [6.45, 7) is 22.7. The van der Waals surface area contributed by atoms with Crippen LogP contribution in [0.1, 0.15) is 80.5 Å². The molecule has 3 aliphatic heterocycles. The summed E-state index contributed by atoms with van der Waals surface area (Å²) in [5, 5.41) is 0. The van der Waals surface area contributed by atoms with Crippen molar-refractivity contribution in [3.8, 4) is 78.6 Å². The summed E-state index contributed by atoms with van der Waals surface area (Å²) in [5.41, 5.74) is 25.1. The molecule has 5 heterocycles. The van der Waals surface area contributed by atoms with Gasteiger partial charge in [-0.3, -0.25) is 0 Å². The van der Waals surface area contributed by atoms with Gasteiger partial charge in [-0.05, 0) is 137 Å². The van der Waals surface area contributed by atoms with E-state index in [1.165, 1.54) is 83.5 Å². The minimum absolute atomic E-state index is 0.0387. The fraction of sp³-hybridized carbons (Fsp3) is 0.213. The highest BCUT2D eigenvalue weighted by molar-refractivity contribution is 5.99. The van der Waals surface area contributed by atoms with E-state index in [2.05, 4.69) is 235 Å². The normalized spacial score (nSPS) is 15.4. The van der Waals surface area contributed by atoms with Gasteiger partial charge in [-0.15, -0.1) is 9.13 Å². The summed E-state index contributed by atoms with van der Waals surface area (Å²) in [7, 11) is 0. The molecule has 0 fully saturated rings. The maximum Gasteiger partial charge on any atom is 0.499 e. The fourth-order valence-electron chi connectivity index (χ4n) is 11.1. The first-order chi connectivity index (χ1) is 31.1. The van der Waals surface area contributed by atoms with Crippen molar-refractivity contribution in [3.05, 3.63) is 191 Å². The van der Waals surface area contributed by atoms with E-state index < -0.39 is 5.85 Å². The molecule has 1 spiro atoms. The first-order valence-electron chi connectivity index (χ1n) is 23.2. The Bertz CT molecular complexity index is 3490. The third-order valence-electron chi connectivity index (χ3n) is 14.4. The lowest BCUT2D eigenvalue weighted by Gasteiger charge is -2.33. The number of hydrogen-bond acceptors (Lipinski definition) is 1. The lowest BCUT2D eigenvalue weighted by atomic mass is 9.80. The summed E-state index contributed by atoms with van der Waals surface area (Å²) in [6, 6.07) is 55.1. The highest BCUT2D eigenvalue weighted by Gasteiger charge is 2.69. The van der Waals surface area contributed by atoms with Crippen LogP contribution in [0.4, 0.5) is 0 Å². The number of aromatic nitrogens is 3. The van der Waals surface area contributed by atoms with Crippen LogP contribution in [0, 0.1) is 27.7 Å². The molecule has 0 radical (unpaired) electrons. The average molecular weight is 846 g/mol. The van der Waals surface area contributed by atoms with Crippen molar-refractivity contribution in [1.29, 1.82) is 0 Å². The molecule has 4 heteroatoms. The van der Waals surface area contributed by atoms with E-state index in [1.54, 1.807) is 0 Å². The van der Waals surface area contributed by atoms with Crippen LogP contribution in [0.25, 0.3) is 83.9 Å². The van der Waals surface area contributed by atoms with Gasteiger partial charge in [0.2, 0.25) is 5.69 Å². The Morgan fingerprint density at radius 2 is 1.18 bits per heavy atom. The quantitative estimate of drug-likeness (QED) is 0.162. The van der Waals surface area contributed by atoms with E-state index >= 15 is 0 Å². The van der Waals surface area contributed by atoms with E-state index in [1.807, 2.05) is 0 Å². The van der Waals surface area contributed by atoms with Crippen LogP contribution in [0.2, 0.25) is 0 Å². The summed E-state index contributed by atoms with van der Waals surface area (Å²) in [5.74, 6) is 0.967. The van der Waals surface area contributed by atoms with Crippen LogP contribution in [0.3, 0.4) is 0 Å². The van der Waals surface area contributed by atoms with Gasteiger partial charge in [0.25, 0.3) is 0 Å². The van der Waals surface area contributed by atoms with E-state index in [0.29, 0.717) is 0 Å². The molecule has 9 aromatic rings. The van der Waals surface area contributed by atoms with Crippen molar-refractivity contribution in [1.82, 2.24) is 4.57 Å². The topological polar surface area (TPSA) is 21.9 Å². The molecule has 318 valence electrons. The van der Waals surface area contributed by atoms with Gasteiger partial charge >= 0.3 is 11.7 Å². The summed E-state index contributed by atoms with van der Waals surface area (Å²) >= 11 is 0. The van der Waals surface area contributed by atoms with Gasteiger partial charge in [-0.25, -0.2) is 0 Å². The van der Waals surface area contributed by atoms with Gasteiger partial charge in [0.05, 0.1) is 5.56 Å². The van der Waals surface area contributed by atoms with Gasteiger partial charge in [-0.1, -0.05) is 138 Å². The summed E-state index contributed by atoms with van der Waals surface area (Å²) in [4.78, 5) is 0. The second-order valence-corrected chi connectivity index (χ2v) is 20.9. The Morgan fingerprint density at radius 1 is 0.492 bits per heavy atom. The molecule has 0 aliphatic carbocycles. The minimum Gasteiger partial charge on any atom is -0.392 e. The lowest BCUT2D eigenvalue weighted by Crippen LogP contribution is -2.78. The van der Waals surface area contributed by atoms with Crippen LogP contribution in [0.5, 0.6) is 5.75 Å². The zero-order chi connectivity index (χ0) is 44.9. The first-order valence-corrected chi connectivity index (χ1v) is 23.2. The van der Waals surface area contributed by atoms with E-state index in [-0.39, 0.29) is 10.8 Å². The highest BCUT2D eigenvalue weighted by Crippen LogP contribution is 2.55. The van der Waals surface area contributed by atoms with Gasteiger partial charge in [-0.2, -0.15) is 4.57 Å². The number of para-hydroxylation sites is 1. The van der Waals surface area contributed by atoms with Crippen molar-refractivity contribution in [2.75, 3.05) is 0 Å². The van der Waals surface area contributed by atoms with Gasteiger partial charge in [0, 0.05) is 28.8 Å². The first kappa shape index (κ1) is 39.5. The Kier molecular flexibility index (Phi) is 8.21. The Hall–Kier alpha value is -7.04. The molecular formula is C61H55N3O+2. The van der Waals surface area contributed by atoms with Crippen LogP contribution in [-0.2, 0) is 16.7 Å². The smallest absolute Gasteiger partial charge is 0.392 e. The predicted molar refractivity (Wildman–Crippen MR) is 266 cm³/mol. The van der Waals surface area contributed by atoms with Crippen LogP contribution < -0.4 is 13.9 Å². The summed E-state index contributed by atoms with van der Waals surface area (Å²) in [6.07, 6.45) is 2.29. The molecule has 3 aliphatic rings. The maximum atomic E-state index is 7.91. The van der Waals surface area contributed by atoms with Gasteiger partial charge in [0.15, 0.2) is 23.0 Å². The molecule has 65 heavy (non-hydrogen) atoms. The number of nitrogens with zero attached hydrogens (tertiary/aromatic N) is 3. The number of ether oxygens (including phenoxy) is 1. The summed E-state index contributed by atoms with van der Waals surface area (Å²) < 4.78 is 15.5. The highest BCUT2D eigenvalue weighted by atomic mass is 16.5. The van der Waals surface area contributed by atoms with Crippen LogP contribution in [-0.4, -0.2) is 4.57 Å². The van der Waals surface area contributed by atoms with Crippen molar-refractivity contribution < 1.29 is 13.9 Å². The average Bonchev–Trinajstić information content (AvgIpc) is 3.78. The number of pyridine rings is 1. The molecule has 1 unspecified atom stereocenters. The second kappa shape index (κ2) is 13.5. The van der Waals surface area contributed by atoms with Crippen LogP contribution >= 0.6 is 0 Å². The number of imidazole rings is 1. The third-order valence-corrected chi connectivity index (χ3v) is 14.4. The zero-order valence-corrected chi connectivity index (χ0v) is 39.2. The van der Waals surface area contributed by atoms with E-state index in [9.17, 15) is 0 Å². The monoisotopic (exact) mass is 845 g/mol. The Balaban J connectivity index is 1.26. The number of fused-ring (bicyclic) bond motifs is 5. The van der Waals surface area contributed by atoms with Crippen molar-refractivity contribution in [2.45, 2.75) is 85.9 Å². The minimum atomic E-state index is -1.05. The molecule has 0 bridgehead atoms. The lowest BCUT2D eigenvalue weighted by molar-refractivity contribution is -0.997. The van der Waals surface area contributed by atoms with Crippen LogP contribution in [0.15, 0.2) is 152 Å². The molecule has 0 saturated carbocycles. The molecular weight excluding hydrogens is 791 g/mol. The number of hydrogen-bond donors (Lipinski definition) is 0. The second-order valence-electron chi connectivity index (χ2n) is 20.9. The molecule has 12 rings (SSSR count). The molecule has 7 aromatic carbocycles. The zero-order valence-electron chi connectivity index (χ0n) is 39.2. The number of rotatable bonds is 4. The fourth-order valence-corrected chi connectivity index (χ4v) is 11.1. The Morgan fingerprint density at radius 3 is 1.91 bits per heavy atom. The van der Waals surface area contributed by atoms with E-state index in [0.717, 1.165) is 45.1 Å². The Labute approximate surface area is 383 Å². The van der Waals surface area contributed by atoms with Crippen molar-refractivity contribution in [3.63, 3.8) is 0 Å². The predicted octanol–water partition coefficient (Wildman–Crippen LogP) is 14.3. The molecule has 2 aromatic heterocycles. The largest absolute Gasteiger partial charge is 0.499 e. The maximum absolute atomic E-state index is 7.91. The van der Waals surface area contributed by atoms with Gasteiger partial charge < -0.3 is 4.74 Å². The molecule has 4 nitrogen and oxygen atoms in total. The van der Waals surface area contributed by atoms with E-state index in [4.69, 9.17) is 4.74 Å². The number of aryl methyl sites for hydroxylation is 4. The SMILES string of the molecule is Cc1ccc(-c2cc[n+]3c(c2)-c2cc(C(C)(C)C)cc4c2C32Oc3c(C)cc(C)cc3-c3n(-c5cc(-c6ccccc6)c(C)cc5-c5ccc(C(C)(C)C)cc5)c5cccc-4c5[n+]32)cc1. The molecule has 0 saturated heterocycles. The third kappa shape index (κ3) is 5.62. The molecule has 0 amide bonds. The van der Waals surface area contributed by atoms with Crippen molar-refractivity contribution >= 4 is 11.0 Å². The van der Waals surface area contributed by atoms with Gasteiger partial charge in [0.1, 0.15) is 16.8 Å².